The normalized spacial score (nSPS) is 17.7. The average Bonchev–Trinajstić information content (AvgIpc) is 3.41. The van der Waals surface area contributed by atoms with Crippen molar-refractivity contribution in [2.45, 2.75) is 12.8 Å². The highest BCUT2D eigenvalue weighted by atomic mass is 32.1. The summed E-state index contributed by atoms with van der Waals surface area (Å²) < 4.78 is 0. The smallest absolute Gasteiger partial charge is 0.225 e. The Morgan fingerprint density at radius 2 is 1.85 bits per heavy atom. The summed E-state index contributed by atoms with van der Waals surface area (Å²) in [6, 6.07) is 14.9. The number of carbonyl (C=O) groups is 1. The Bertz CT molecular complexity index is 941. The van der Waals surface area contributed by atoms with E-state index in [1.807, 2.05) is 4.90 Å². The zero-order chi connectivity index (χ0) is 17.5. The first-order valence-electron chi connectivity index (χ1n) is 9.27. The van der Waals surface area contributed by atoms with Gasteiger partial charge in [-0.3, -0.25) is 4.79 Å². The van der Waals surface area contributed by atoms with Gasteiger partial charge in [0.15, 0.2) is 0 Å². The molecule has 26 heavy (non-hydrogen) atoms. The topological polar surface area (TPSA) is 36.4 Å². The van der Waals surface area contributed by atoms with Gasteiger partial charge in [0.05, 0.1) is 5.52 Å². The molecule has 1 saturated heterocycles. The van der Waals surface area contributed by atoms with E-state index in [1.54, 1.807) is 11.3 Å². The van der Waals surface area contributed by atoms with E-state index in [2.05, 4.69) is 52.7 Å². The minimum atomic E-state index is 0.314. The van der Waals surface area contributed by atoms with Gasteiger partial charge in [-0.05, 0) is 36.4 Å². The van der Waals surface area contributed by atoms with Gasteiger partial charge in [0, 0.05) is 47.9 Å². The highest BCUT2D eigenvalue weighted by Crippen LogP contribution is 2.33. The lowest BCUT2D eigenvalue weighted by Gasteiger charge is -2.35. The fraction of sp³-hybridized carbons (Fsp3) is 0.333. The Morgan fingerprint density at radius 3 is 2.58 bits per heavy atom. The molecule has 0 atom stereocenters. The molecule has 5 rings (SSSR count). The van der Waals surface area contributed by atoms with Crippen LogP contribution in [0.25, 0.3) is 21.3 Å². The first-order chi connectivity index (χ1) is 12.8. The van der Waals surface area contributed by atoms with Crippen LogP contribution in [0.2, 0.25) is 0 Å². The summed E-state index contributed by atoms with van der Waals surface area (Å²) in [5.41, 5.74) is 2.26. The van der Waals surface area contributed by atoms with Crippen molar-refractivity contribution in [1.82, 2.24) is 9.88 Å². The van der Waals surface area contributed by atoms with Gasteiger partial charge < -0.3 is 9.80 Å². The highest BCUT2D eigenvalue weighted by Gasteiger charge is 2.34. The van der Waals surface area contributed by atoms with E-state index in [4.69, 9.17) is 4.98 Å². The first-order valence-corrected chi connectivity index (χ1v) is 10.1. The second kappa shape index (κ2) is 6.40. The number of hydrogen-bond acceptors (Lipinski definition) is 4. The summed E-state index contributed by atoms with van der Waals surface area (Å²) in [6.45, 7) is 3.33. The van der Waals surface area contributed by atoms with Gasteiger partial charge in [-0.15, -0.1) is 11.3 Å². The number of aromatic nitrogens is 1. The third-order valence-corrected chi connectivity index (χ3v) is 6.24. The minimum Gasteiger partial charge on any atom is -0.353 e. The molecule has 0 unspecified atom stereocenters. The number of rotatable bonds is 3. The van der Waals surface area contributed by atoms with Gasteiger partial charge in [0.1, 0.15) is 5.82 Å². The van der Waals surface area contributed by atoms with E-state index in [0.717, 1.165) is 50.4 Å². The number of benzene rings is 1. The molecule has 2 fully saturated rings. The third-order valence-electron chi connectivity index (χ3n) is 5.33. The Balaban J connectivity index is 1.41. The van der Waals surface area contributed by atoms with Crippen LogP contribution in [0.5, 0.6) is 0 Å². The molecular formula is C21H21N3OS. The predicted octanol–water partition coefficient (Wildman–Crippen LogP) is 4.02. The molecule has 1 aliphatic carbocycles. The van der Waals surface area contributed by atoms with E-state index >= 15 is 0 Å². The molecule has 3 heterocycles. The number of thiophene rings is 1. The Labute approximate surface area is 157 Å². The van der Waals surface area contributed by atoms with Crippen molar-refractivity contribution in [1.29, 1.82) is 0 Å². The van der Waals surface area contributed by atoms with Crippen molar-refractivity contribution in [3.8, 4) is 10.4 Å². The van der Waals surface area contributed by atoms with E-state index in [0.29, 0.717) is 11.8 Å². The average molecular weight is 363 g/mol. The zero-order valence-corrected chi connectivity index (χ0v) is 15.4. The number of pyridine rings is 1. The van der Waals surface area contributed by atoms with Crippen LogP contribution < -0.4 is 4.90 Å². The van der Waals surface area contributed by atoms with Crippen LogP contribution >= 0.6 is 11.3 Å². The maximum atomic E-state index is 12.2. The Hall–Kier alpha value is -2.40. The number of piperazine rings is 1. The number of hydrogen-bond donors (Lipinski definition) is 0. The van der Waals surface area contributed by atoms with Crippen LogP contribution in [0.3, 0.4) is 0 Å². The lowest BCUT2D eigenvalue weighted by atomic mass is 10.1. The number of para-hydroxylation sites is 1. The molecule has 3 aromatic rings. The van der Waals surface area contributed by atoms with Gasteiger partial charge in [0.2, 0.25) is 5.91 Å². The van der Waals surface area contributed by atoms with Gasteiger partial charge >= 0.3 is 0 Å². The summed E-state index contributed by atoms with van der Waals surface area (Å²) >= 11 is 1.75. The molecule has 1 saturated carbocycles. The minimum absolute atomic E-state index is 0.314. The number of carbonyl (C=O) groups excluding carboxylic acids is 1. The molecule has 0 spiro atoms. The SMILES string of the molecule is O=C(C1CC1)N1CCN(c2ccc3cccc(-c4cccs4)c3n2)CC1. The molecule has 5 heteroatoms. The second-order valence-corrected chi connectivity index (χ2v) is 8.06. The van der Waals surface area contributed by atoms with Crippen LogP contribution in [0.1, 0.15) is 12.8 Å². The van der Waals surface area contributed by atoms with Gasteiger partial charge in [-0.2, -0.15) is 0 Å². The van der Waals surface area contributed by atoms with Gasteiger partial charge in [-0.1, -0.05) is 24.3 Å². The first kappa shape index (κ1) is 15.8. The predicted molar refractivity (Wildman–Crippen MR) is 107 cm³/mol. The lowest BCUT2D eigenvalue weighted by Crippen LogP contribution is -2.49. The van der Waals surface area contributed by atoms with Crippen molar-refractivity contribution < 1.29 is 4.79 Å². The summed E-state index contributed by atoms with van der Waals surface area (Å²) in [4.78, 5) is 22.8. The van der Waals surface area contributed by atoms with Crippen molar-refractivity contribution in [3.63, 3.8) is 0 Å². The summed E-state index contributed by atoms with van der Waals surface area (Å²) in [7, 11) is 0. The lowest BCUT2D eigenvalue weighted by molar-refractivity contribution is -0.132. The van der Waals surface area contributed by atoms with Crippen LogP contribution in [0, 0.1) is 5.92 Å². The monoisotopic (exact) mass is 363 g/mol. The molecule has 1 aromatic carbocycles. The molecule has 2 aliphatic rings. The van der Waals surface area contributed by atoms with Crippen molar-refractivity contribution >= 4 is 34.0 Å². The van der Waals surface area contributed by atoms with Crippen LogP contribution in [-0.4, -0.2) is 42.0 Å². The zero-order valence-electron chi connectivity index (χ0n) is 14.6. The van der Waals surface area contributed by atoms with Crippen LogP contribution in [0.15, 0.2) is 47.8 Å². The number of fused-ring (bicyclic) bond motifs is 1. The van der Waals surface area contributed by atoms with E-state index < -0.39 is 0 Å². The quantitative estimate of drug-likeness (QED) is 0.705. The number of amides is 1. The number of anilines is 1. The third kappa shape index (κ3) is 2.86. The van der Waals surface area contributed by atoms with Gasteiger partial charge in [-0.25, -0.2) is 4.98 Å². The molecular weight excluding hydrogens is 342 g/mol. The largest absolute Gasteiger partial charge is 0.353 e. The molecule has 1 aliphatic heterocycles. The fourth-order valence-corrected chi connectivity index (χ4v) is 4.44. The fourth-order valence-electron chi connectivity index (χ4n) is 3.69. The van der Waals surface area contributed by atoms with E-state index in [-0.39, 0.29) is 0 Å². The maximum Gasteiger partial charge on any atom is 0.225 e. The number of nitrogens with zero attached hydrogens (tertiary/aromatic N) is 3. The molecule has 0 bridgehead atoms. The second-order valence-electron chi connectivity index (χ2n) is 7.11. The van der Waals surface area contributed by atoms with Crippen molar-refractivity contribution in [2.24, 2.45) is 5.92 Å². The Morgan fingerprint density at radius 1 is 1.00 bits per heavy atom. The molecule has 0 radical (unpaired) electrons. The molecule has 132 valence electrons. The van der Waals surface area contributed by atoms with Crippen molar-refractivity contribution in [3.05, 3.63) is 47.8 Å². The molecule has 4 nitrogen and oxygen atoms in total. The molecule has 0 N–H and O–H groups in total. The Kier molecular flexibility index (Phi) is 3.89. The molecule has 1 amide bonds. The van der Waals surface area contributed by atoms with E-state index in [9.17, 15) is 4.79 Å². The summed E-state index contributed by atoms with van der Waals surface area (Å²) in [6.07, 6.45) is 2.16. The van der Waals surface area contributed by atoms with E-state index in [1.165, 1.54) is 15.8 Å². The van der Waals surface area contributed by atoms with Crippen LogP contribution in [-0.2, 0) is 4.79 Å². The summed E-state index contributed by atoms with van der Waals surface area (Å²) in [5.74, 6) is 1.69. The molecule has 2 aromatic heterocycles. The van der Waals surface area contributed by atoms with Crippen molar-refractivity contribution in [2.75, 3.05) is 31.1 Å². The van der Waals surface area contributed by atoms with Crippen LogP contribution in [0.4, 0.5) is 5.82 Å². The standard InChI is InChI=1S/C21H21N3OS/c25-21(16-6-7-16)24-12-10-23(11-13-24)19-9-8-15-3-1-4-17(20(15)22-19)18-5-2-14-26-18/h1-5,8-9,14,16H,6-7,10-13H2. The van der Waals surface area contributed by atoms with Gasteiger partial charge in [0.25, 0.3) is 0 Å². The highest BCUT2D eigenvalue weighted by molar-refractivity contribution is 7.13. The summed E-state index contributed by atoms with van der Waals surface area (Å²) in [5, 5.41) is 3.27. The maximum absolute atomic E-state index is 12.2.